The SMILES string of the molecule is Cc1cc(F)ccc1-c1c(C)nc(C)c(C(N)=O)c1O. The van der Waals surface area contributed by atoms with Crippen molar-refractivity contribution in [3.63, 3.8) is 0 Å². The van der Waals surface area contributed by atoms with Crippen LogP contribution in [0.25, 0.3) is 11.1 Å². The van der Waals surface area contributed by atoms with Gasteiger partial charge in [-0.25, -0.2) is 4.39 Å². The van der Waals surface area contributed by atoms with Crippen molar-refractivity contribution < 1.29 is 14.3 Å². The van der Waals surface area contributed by atoms with E-state index in [1.54, 1.807) is 26.8 Å². The molecule has 0 aliphatic carbocycles. The van der Waals surface area contributed by atoms with Crippen LogP contribution < -0.4 is 5.73 Å². The third-order valence-corrected chi connectivity index (χ3v) is 3.24. The molecule has 5 heteroatoms. The van der Waals surface area contributed by atoms with Crippen molar-refractivity contribution in [3.8, 4) is 16.9 Å². The van der Waals surface area contributed by atoms with E-state index < -0.39 is 5.91 Å². The van der Waals surface area contributed by atoms with Gasteiger partial charge in [0.05, 0.1) is 5.69 Å². The Kier molecular flexibility index (Phi) is 3.44. The Morgan fingerprint density at radius 3 is 2.45 bits per heavy atom. The summed E-state index contributed by atoms with van der Waals surface area (Å²) in [6.07, 6.45) is 0. The Bertz CT molecular complexity index is 712. The van der Waals surface area contributed by atoms with Gasteiger partial charge in [-0.15, -0.1) is 0 Å². The highest BCUT2D eigenvalue weighted by Crippen LogP contribution is 2.37. The van der Waals surface area contributed by atoms with Crippen LogP contribution >= 0.6 is 0 Å². The lowest BCUT2D eigenvalue weighted by molar-refractivity contribution is 0.0997. The molecule has 1 amide bonds. The van der Waals surface area contributed by atoms with Gasteiger partial charge in [0.1, 0.15) is 17.1 Å². The number of nitrogens with zero attached hydrogens (tertiary/aromatic N) is 1. The van der Waals surface area contributed by atoms with Gasteiger partial charge in [-0.2, -0.15) is 0 Å². The maximum absolute atomic E-state index is 13.2. The van der Waals surface area contributed by atoms with Gasteiger partial charge < -0.3 is 10.8 Å². The van der Waals surface area contributed by atoms with E-state index in [-0.39, 0.29) is 17.1 Å². The number of nitrogens with two attached hydrogens (primary N) is 1. The van der Waals surface area contributed by atoms with E-state index in [9.17, 15) is 14.3 Å². The normalized spacial score (nSPS) is 10.6. The van der Waals surface area contributed by atoms with Gasteiger partial charge in [-0.3, -0.25) is 9.78 Å². The van der Waals surface area contributed by atoms with Gasteiger partial charge in [0, 0.05) is 11.3 Å². The van der Waals surface area contributed by atoms with Crippen LogP contribution in [-0.2, 0) is 0 Å². The van der Waals surface area contributed by atoms with Crippen LogP contribution in [0.15, 0.2) is 18.2 Å². The van der Waals surface area contributed by atoms with E-state index in [1.165, 1.54) is 12.1 Å². The van der Waals surface area contributed by atoms with E-state index in [0.29, 0.717) is 28.1 Å². The number of hydrogen-bond acceptors (Lipinski definition) is 3. The maximum atomic E-state index is 13.2. The minimum atomic E-state index is -0.742. The van der Waals surface area contributed by atoms with Crippen LogP contribution in [0, 0.1) is 26.6 Å². The molecule has 1 aromatic carbocycles. The summed E-state index contributed by atoms with van der Waals surface area (Å²) in [5.74, 6) is -1.32. The number of amides is 1. The van der Waals surface area contributed by atoms with Crippen molar-refractivity contribution in [2.45, 2.75) is 20.8 Å². The van der Waals surface area contributed by atoms with E-state index in [4.69, 9.17) is 5.73 Å². The lowest BCUT2D eigenvalue weighted by Gasteiger charge is -2.15. The zero-order valence-corrected chi connectivity index (χ0v) is 11.5. The van der Waals surface area contributed by atoms with Crippen molar-refractivity contribution in [1.82, 2.24) is 4.98 Å². The molecule has 0 bridgehead atoms. The van der Waals surface area contributed by atoms with Crippen molar-refractivity contribution >= 4 is 5.91 Å². The van der Waals surface area contributed by atoms with Gasteiger partial charge >= 0.3 is 0 Å². The number of rotatable bonds is 2. The Hall–Kier alpha value is -2.43. The van der Waals surface area contributed by atoms with Crippen molar-refractivity contribution in [2.75, 3.05) is 0 Å². The van der Waals surface area contributed by atoms with Crippen LogP contribution in [0.3, 0.4) is 0 Å². The fraction of sp³-hybridized carbons (Fsp3) is 0.200. The fourth-order valence-electron chi connectivity index (χ4n) is 2.36. The molecule has 1 heterocycles. The summed E-state index contributed by atoms with van der Waals surface area (Å²) in [6.45, 7) is 5.05. The number of benzene rings is 1. The van der Waals surface area contributed by atoms with E-state index >= 15 is 0 Å². The number of carbonyl (C=O) groups is 1. The third kappa shape index (κ3) is 2.22. The predicted molar refractivity (Wildman–Crippen MR) is 74.0 cm³/mol. The van der Waals surface area contributed by atoms with Crippen molar-refractivity contribution in [3.05, 3.63) is 46.5 Å². The zero-order chi connectivity index (χ0) is 15.0. The first-order chi connectivity index (χ1) is 9.32. The highest BCUT2D eigenvalue weighted by Gasteiger charge is 2.21. The second kappa shape index (κ2) is 4.92. The first-order valence-corrected chi connectivity index (χ1v) is 6.09. The minimum absolute atomic E-state index is 0.00525. The summed E-state index contributed by atoms with van der Waals surface area (Å²) >= 11 is 0. The monoisotopic (exact) mass is 274 g/mol. The Labute approximate surface area is 116 Å². The van der Waals surface area contributed by atoms with Gasteiger partial charge in [-0.05, 0) is 44.0 Å². The lowest BCUT2D eigenvalue weighted by atomic mass is 9.95. The number of aromatic hydroxyl groups is 1. The molecule has 20 heavy (non-hydrogen) atoms. The van der Waals surface area contributed by atoms with E-state index in [1.807, 2.05) is 0 Å². The molecule has 0 atom stereocenters. The number of primary amides is 1. The number of hydrogen-bond donors (Lipinski definition) is 2. The molecule has 0 unspecified atom stereocenters. The van der Waals surface area contributed by atoms with Crippen LogP contribution in [-0.4, -0.2) is 16.0 Å². The molecule has 2 aromatic rings. The van der Waals surface area contributed by atoms with E-state index in [2.05, 4.69) is 4.98 Å². The van der Waals surface area contributed by atoms with Crippen LogP contribution in [0.5, 0.6) is 5.75 Å². The second-order valence-corrected chi connectivity index (χ2v) is 4.70. The number of halogens is 1. The highest BCUT2D eigenvalue weighted by atomic mass is 19.1. The summed E-state index contributed by atoms with van der Waals surface area (Å²) in [4.78, 5) is 15.7. The number of aromatic nitrogens is 1. The molecule has 0 saturated heterocycles. The highest BCUT2D eigenvalue weighted by molar-refractivity contribution is 5.99. The quantitative estimate of drug-likeness (QED) is 0.883. The molecule has 1 aromatic heterocycles. The number of carbonyl (C=O) groups excluding carboxylic acids is 1. The third-order valence-electron chi connectivity index (χ3n) is 3.24. The summed E-state index contributed by atoms with van der Waals surface area (Å²) < 4.78 is 13.2. The molecule has 0 saturated carbocycles. The smallest absolute Gasteiger partial charge is 0.254 e. The summed E-state index contributed by atoms with van der Waals surface area (Å²) in [7, 11) is 0. The van der Waals surface area contributed by atoms with Crippen LogP contribution in [0.4, 0.5) is 4.39 Å². The largest absolute Gasteiger partial charge is 0.506 e. The first-order valence-electron chi connectivity index (χ1n) is 6.09. The molecule has 0 aliphatic rings. The zero-order valence-electron chi connectivity index (χ0n) is 11.5. The summed E-state index contributed by atoms with van der Waals surface area (Å²) in [5.41, 5.74) is 7.87. The standard InChI is InChI=1S/C15H15FN2O2/c1-7-6-10(16)4-5-11(7)12-8(2)18-9(3)13(14(12)19)15(17)20/h4-6H,1-3H3,(H2,17,20)(H,18,19). The van der Waals surface area contributed by atoms with Crippen molar-refractivity contribution in [2.24, 2.45) is 5.73 Å². The summed E-state index contributed by atoms with van der Waals surface area (Å²) in [6, 6.07) is 4.21. The molecule has 0 spiro atoms. The molecule has 0 radical (unpaired) electrons. The molecular weight excluding hydrogens is 259 g/mol. The molecule has 0 aliphatic heterocycles. The molecule has 0 fully saturated rings. The van der Waals surface area contributed by atoms with Gasteiger partial charge in [0.15, 0.2) is 0 Å². The average Bonchev–Trinajstić information content (AvgIpc) is 2.30. The number of aryl methyl sites for hydroxylation is 3. The molecule has 2 rings (SSSR count). The second-order valence-electron chi connectivity index (χ2n) is 4.70. The van der Waals surface area contributed by atoms with E-state index in [0.717, 1.165) is 0 Å². The van der Waals surface area contributed by atoms with Crippen molar-refractivity contribution in [1.29, 1.82) is 0 Å². The number of pyridine rings is 1. The fourth-order valence-corrected chi connectivity index (χ4v) is 2.36. The van der Waals surface area contributed by atoms with Gasteiger partial charge in [0.25, 0.3) is 5.91 Å². The predicted octanol–water partition coefficient (Wildman–Crippen LogP) is 2.62. The Morgan fingerprint density at radius 2 is 1.90 bits per heavy atom. The van der Waals surface area contributed by atoms with Crippen LogP contribution in [0.1, 0.15) is 27.3 Å². The summed E-state index contributed by atoms with van der Waals surface area (Å²) in [5, 5.41) is 10.3. The minimum Gasteiger partial charge on any atom is -0.506 e. The van der Waals surface area contributed by atoms with Crippen LogP contribution in [0.2, 0.25) is 0 Å². The van der Waals surface area contributed by atoms with Gasteiger partial charge in [-0.1, -0.05) is 6.07 Å². The molecule has 104 valence electrons. The lowest BCUT2D eigenvalue weighted by Crippen LogP contribution is -2.15. The Morgan fingerprint density at radius 1 is 1.25 bits per heavy atom. The van der Waals surface area contributed by atoms with Gasteiger partial charge in [0.2, 0.25) is 0 Å². The maximum Gasteiger partial charge on any atom is 0.254 e. The topological polar surface area (TPSA) is 76.2 Å². The molecule has 4 nitrogen and oxygen atoms in total. The first kappa shape index (κ1) is 14.0. The molecular formula is C15H15FN2O2. The molecule has 3 N–H and O–H groups in total. The Balaban J connectivity index is 2.80. The average molecular weight is 274 g/mol.